The molecule has 2 aliphatic rings. The maximum atomic E-state index is 12.3. The molecule has 0 bridgehead atoms. The average Bonchev–Trinajstić information content (AvgIpc) is 3.16. The van der Waals surface area contributed by atoms with Gasteiger partial charge in [-0.15, -0.1) is 0 Å². The van der Waals surface area contributed by atoms with Gasteiger partial charge in [-0.3, -0.25) is 9.78 Å². The van der Waals surface area contributed by atoms with E-state index in [9.17, 15) is 4.79 Å². The maximum Gasteiger partial charge on any atom is 0.254 e. The number of hydrogen-bond acceptors (Lipinski definition) is 5. The Labute approximate surface area is 160 Å². The van der Waals surface area contributed by atoms with Crippen molar-refractivity contribution in [1.29, 1.82) is 0 Å². The van der Waals surface area contributed by atoms with E-state index in [1.807, 2.05) is 6.07 Å². The summed E-state index contributed by atoms with van der Waals surface area (Å²) in [5.41, 5.74) is 1.24. The van der Waals surface area contributed by atoms with E-state index < -0.39 is 0 Å². The van der Waals surface area contributed by atoms with E-state index in [0.29, 0.717) is 18.6 Å². The maximum absolute atomic E-state index is 12.3. The van der Waals surface area contributed by atoms with Crippen LogP contribution in [0.3, 0.4) is 0 Å². The molecular formula is C21H28N4O2. The Morgan fingerprint density at radius 2 is 2.11 bits per heavy atom. The summed E-state index contributed by atoms with van der Waals surface area (Å²) in [6.07, 6.45) is 4.40. The minimum absolute atomic E-state index is 0.0834. The molecule has 1 aromatic heterocycles. The van der Waals surface area contributed by atoms with Crippen molar-refractivity contribution in [3.63, 3.8) is 0 Å². The molecule has 0 amide bonds. The molecule has 0 spiro atoms. The number of rotatable bonds is 5. The van der Waals surface area contributed by atoms with Gasteiger partial charge in [0.15, 0.2) is 0 Å². The third-order valence-electron chi connectivity index (χ3n) is 5.60. The van der Waals surface area contributed by atoms with Crippen molar-refractivity contribution in [2.24, 2.45) is 0 Å². The first-order valence-corrected chi connectivity index (χ1v) is 10.0. The lowest BCUT2D eigenvalue weighted by molar-refractivity contribution is 0.0381. The molecule has 1 aromatic carbocycles. The molecule has 2 atom stereocenters. The lowest BCUT2D eigenvalue weighted by Crippen LogP contribution is -2.43. The van der Waals surface area contributed by atoms with Crippen LogP contribution in [0.15, 0.2) is 41.2 Å². The third kappa shape index (κ3) is 4.16. The van der Waals surface area contributed by atoms with Crippen molar-refractivity contribution < 1.29 is 4.74 Å². The van der Waals surface area contributed by atoms with Gasteiger partial charge >= 0.3 is 0 Å². The van der Waals surface area contributed by atoms with Crippen molar-refractivity contribution in [1.82, 2.24) is 9.97 Å². The van der Waals surface area contributed by atoms with Crippen molar-refractivity contribution in [3.8, 4) is 0 Å². The number of aromatic amines is 1. The molecule has 2 saturated heterocycles. The fraction of sp³-hybridized carbons (Fsp3) is 0.524. The van der Waals surface area contributed by atoms with Gasteiger partial charge in [0.1, 0.15) is 5.82 Å². The summed E-state index contributed by atoms with van der Waals surface area (Å²) in [7, 11) is 0. The number of morpholine rings is 1. The fourth-order valence-corrected chi connectivity index (χ4v) is 4.12. The Kier molecular flexibility index (Phi) is 5.43. The summed E-state index contributed by atoms with van der Waals surface area (Å²) < 4.78 is 5.76. The van der Waals surface area contributed by atoms with Crippen molar-refractivity contribution in [2.45, 2.75) is 44.8 Å². The highest BCUT2D eigenvalue weighted by Crippen LogP contribution is 2.26. The van der Waals surface area contributed by atoms with Gasteiger partial charge < -0.3 is 14.5 Å². The number of nitrogens with zero attached hydrogens (tertiary/aromatic N) is 3. The van der Waals surface area contributed by atoms with E-state index in [1.165, 1.54) is 5.56 Å². The first kappa shape index (κ1) is 18.0. The van der Waals surface area contributed by atoms with Crippen molar-refractivity contribution in [2.75, 3.05) is 36.0 Å². The Morgan fingerprint density at radius 3 is 2.93 bits per heavy atom. The van der Waals surface area contributed by atoms with Gasteiger partial charge in [0.25, 0.3) is 5.56 Å². The predicted octanol–water partition coefficient (Wildman–Crippen LogP) is 2.60. The summed E-state index contributed by atoms with van der Waals surface area (Å²) in [5.74, 6) is 1.47. The van der Waals surface area contributed by atoms with Crippen LogP contribution >= 0.6 is 0 Å². The molecule has 0 saturated carbocycles. The highest BCUT2D eigenvalue weighted by atomic mass is 16.5. The summed E-state index contributed by atoms with van der Waals surface area (Å²) in [4.78, 5) is 24.6. The number of hydrogen-bond donors (Lipinski definition) is 1. The molecule has 0 unspecified atom stereocenters. The second-order valence-corrected chi connectivity index (χ2v) is 7.45. The van der Waals surface area contributed by atoms with Gasteiger partial charge in [-0.25, -0.2) is 0 Å². The van der Waals surface area contributed by atoms with Crippen molar-refractivity contribution >= 4 is 11.8 Å². The third-order valence-corrected chi connectivity index (χ3v) is 5.60. The Morgan fingerprint density at radius 1 is 1.26 bits per heavy atom. The molecule has 27 heavy (non-hydrogen) atoms. The molecule has 4 rings (SSSR count). The van der Waals surface area contributed by atoms with Crippen LogP contribution in [0, 0.1) is 0 Å². The molecule has 1 N–H and O–H groups in total. The highest BCUT2D eigenvalue weighted by Gasteiger charge is 2.28. The Hall–Kier alpha value is -2.34. The van der Waals surface area contributed by atoms with Crippen LogP contribution in [0.4, 0.5) is 11.8 Å². The first-order valence-electron chi connectivity index (χ1n) is 10.0. The van der Waals surface area contributed by atoms with Crippen LogP contribution in [0.25, 0.3) is 0 Å². The molecule has 2 fully saturated rings. The van der Waals surface area contributed by atoms with E-state index in [-0.39, 0.29) is 11.7 Å². The Bertz CT molecular complexity index is 807. The molecule has 0 radical (unpaired) electrons. The average molecular weight is 368 g/mol. The first-order chi connectivity index (χ1) is 13.2. The van der Waals surface area contributed by atoms with E-state index in [0.717, 1.165) is 51.1 Å². The lowest BCUT2D eigenvalue weighted by atomic mass is 10.0. The standard InChI is InChI=1S/C21H28N4O2/c1-2-18-15-24(11-12-27-18)19-14-20(26)23-21(22-19)25-10-6-9-17(25)13-16-7-4-3-5-8-16/h3-5,7-8,14,17-18H,2,6,9-13,15H2,1H3,(H,22,23,26)/t17-,18-/m0/s1. The van der Waals surface area contributed by atoms with Crippen LogP contribution in [-0.4, -0.2) is 48.4 Å². The number of nitrogens with one attached hydrogen (secondary N) is 1. The minimum atomic E-state index is -0.0834. The molecule has 6 nitrogen and oxygen atoms in total. The molecule has 6 heteroatoms. The summed E-state index contributed by atoms with van der Waals surface area (Å²) in [6.45, 7) is 5.32. The molecule has 144 valence electrons. The molecule has 2 aliphatic heterocycles. The summed E-state index contributed by atoms with van der Waals surface area (Å²) in [5, 5.41) is 0. The molecule has 2 aromatic rings. The fourth-order valence-electron chi connectivity index (χ4n) is 4.12. The summed E-state index contributed by atoms with van der Waals surface area (Å²) >= 11 is 0. The van der Waals surface area contributed by atoms with Gasteiger partial charge in [0, 0.05) is 31.7 Å². The number of aromatic nitrogens is 2. The van der Waals surface area contributed by atoms with Crippen molar-refractivity contribution in [3.05, 3.63) is 52.3 Å². The molecular weight excluding hydrogens is 340 g/mol. The van der Waals surface area contributed by atoms with Crippen LogP contribution in [-0.2, 0) is 11.2 Å². The zero-order valence-corrected chi connectivity index (χ0v) is 15.9. The van der Waals surface area contributed by atoms with Gasteiger partial charge in [0.2, 0.25) is 5.95 Å². The molecule has 0 aliphatic carbocycles. The van der Waals surface area contributed by atoms with Gasteiger partial charge in [-0.2, -0.15) is 4.98 Å². The normalized spacial score (nSPS) is 23.0. The second-order valence-electron chi connectivity index (χ2n) is 7.45. The SMILES string of the molecule is CC[C@H]1CN(c2cc(=O)[nH]c(N3CCC[C@H]3Cc3ccccc3)n2)CCO1. The molecule has 3 heterocycles. The largest absolute Gasteiger partial charge is 0.375 e. The van der Waals surface area contributed by atoms with Crippen LogP contribution in [0.5, 0.6) is 0 Å². The summed E-state index contributed by atoms with van der Waals surface area (Å²) in [6, 6.07) is 12.5. The lowest BCUT2D eigenvalue weighted by Gasteiger charge is -2.34. The smallest absolute Gasteiger partial charge is 0.254 e. The van der Waals surface area contributed by atoms with Gasteiger partial charge in [0.05, 0.1) is 12.7 Å². The second kappa shape index (κ2) is 8.13. The predicted molar refractivity (Wildman–Crippen MR) is 108 cm³/mol. The number of H-pyrrole nitrogens is 1. The topological polar surface area (TPSA) is 61.5 Å². The minimum Gasteiger partial charge on any atom is -0.375 e. The van der Waals surface area contributed by atoms with E-state index in [1.54, 1.807) is 6.07 Å². The van der Waals surface area contributed by atoms with Crippen LogP contribution < -0.4 is 15.4 Å². The number of benzene rings is 1. The van der Waals surface area contributed by atoms with E-state index in [2.05, 4.69) is 46.0 Å². The van der Waals surface area contributed by atoms with Gasteiger partial charge in [-0.1, -0.05) is 37.3 Å². The van der Waals surface area contributed by atoms with Gasteiger partial charge in [-0.05, 0) is 31.2 Å². The number of ether oxygens (including phenoxy) is 1. The van der Waals surface area contributed by atoms with Crippen LogP contribution in [0.1, 0.15) is 31.7 Å². The highest BCUT2D eigenvalue weighted by molar-refractivity contribution is 5.45. The number of anilines is 2. The van der Waals surface area contributed by atoms with E-state index >= 15 is 0 Å². The zero-order valence-electron chi connectivity index (χ0n) is 15.9. The monoisotopic (exact) mass is 368 g/mol. The Balaban J connectivity index is 1.56. The van der Waals surface area contributed by atoms with Crippen LogP contribution in [0.2, 0.25) is 0 Å². The quantitative estimate of drug-likeness (QED) is 0.879. The van der Waals surface area contributed by atoms with E-state index in [4.69, 9.17) is 9.72 Å². The zero-order chi connectivity index (χ0) is 18.6.